The average molecular weight is 221 g/mol. The second-order valence-corrected chi connectivity index (χ2v) is 4.38. The molecule has 4 heteroatoms. The van der Waals surface area contributed by atoms with E-state index in [1.54, 1.807) is 6.07 Å². The Balaban J connectivity index is 2.78. The molecule has 0 amide bonds. The largest absolute Gasteiger partial charge is 0.477 e. The van der Waals surface area contributed by atoms with Crippen LogP contribution in [0.2, 0.25) is 0 Å². The molecule has 78 valence electrons. The molecule has 0 unspecified atom stereocenters. The number of carboxylic acids is 1. The van der Waals surface area contributed by atoms with Gasteiger partial charge in [0.2, 0.25) is 0 Å². The summed E-state index contributed by atoms with van der Waals surface area (Å²) in [7, 11) is 0. The molecule has 1 aromatic heterocycles. The van der Waals surface area contributed by atoms with E-state index < -0.39 is 5.97 Å². The number of nitrogen functional groups attached to an aromatic ring is 1. The molecule has 0 fully saturated rings. The van der Waals surface area contributed by atoms with Crippen LogP contribution in [0.3, 0.4) is 0 Å². The van der Waals surface area contributed by atoms with Crippen molar-refractivity contribution in [2.75, 3.05) is 5.73 Å². The lowest BCUT2D eigenvalue weighted by atomic mass is 10.1. The number of anilines is 1. The standard InChI is InChI=1S/C11H11NO2S/c1-2-7-8-4-3-6(12)5-9(8)15-10(7)11(13)14/h3-5H,2,12H2,1H3,(H,13,14). The predicted octanol–water partition coefficient (Wildman–Crippen LogP) is 2.74. The lowest BCUT2D eigenvalue weighted by molar-refractivity contribution is 0.0701. The molecule has 2 aromatic rings. The molecule has 1 aromatic carbocycles. The Morgan fingerprint density at radius 3 is 2.87 bits per heavy atom. The Hall–Kier alpha value is -1.55. The Morgan fingerprint density at radius 1 is 1.53 bits per heavy atom. The van der Waals surface area contributed by atoms with Crippen molar-refractivity contribution < 1.29 is 9.90 Å². The molecule has 0 bridgehead atoms. The van der Waals surface area contributed by atoms with E-state index in [0.717, 1.165) is 22.1 Å². The lowest BCUT2D eigenvalue weighted by Gasteiger charge is -1.96. The summed E-state index contributed by atoms with van der Waals surface area (Å²) in [6.07, 6.45) is 0.728. The van der Waals surface area contributed by atoms with Crippen molar-refractivity contribution in [1.82, 2.24) is 0 Å². The van der Waals surface area contributed by atoms with Crippen LogP contribution in [0.4, 0.5) is 5.69 Å². The van der Waals surface area contributed by atoms with Crippen LogP contribution in [0.25, 0.3) is 10.1 Å². The van der Waals surface area contributed by atoms with Gasteiger partial charge in [-0.2, -0.15) is 0 Å². The quantitative estimate of drug-likeness (QED) is 0.766. The summed E-state index contributed by atoms with van der Waals surface area (Å²) in [5, 5.41) is 10.1. The maximum absolute atomic E-state index is 11.0. The third-order valence-electron chi connectivity index (χ3n) is 2.36. The number of aromatic carboxylic acids is 1. The molecular formula is C11H11NO2S. The van der Waals surface area contributed by atoms with Gasteiger partial charge in [0.25, 0.3) is 0 Å². The number of carboxylic acid groups (broad SMARTS) is 1. The summed E-state index contributed by atoms with van der Waals surface area (Å²) in [6, 6.07) is 5.53. The molecule has 3 N–H and O–H groups in total. The Bertz CT molecular complexity index is 531. The van der Waals surface area contributed by atoms with Crippen LogP contribution in [0.1, 0.15) is 22.2 Å². The van der Waals surface area contributed by atoms with Crippen LogP contribution in [-0.2, 0) is 6.42 Å². The van der Waals surface area contributed by atoms with Gasteiger partial charge >= 0.3 is 5.97 Å². The normalized spacial score (nSPS) is 10.7. The highest BCUT2D eigenvalue weighted by Crippen LogP contribution is 2.32. The molecule has 0 saturated heterocycles. The van der Waals surface area contributed by atoms with E-state index in [9.17, 15) is 4.79 Å². The maximum Gasteiger partial charge on any atom is 0.346 e. The van der Waals surface area contributed by atoms with Crippen LogP contribution in [0.15, 0.2) is 18.2 Å². The number of hydrogen-bond donors (Lipinski definition) is 2. The van der Waals surface area contributed by atoms with Gasteiger partial charge in [-0.15, -0.1) is 11.3 Å². The summed E-state index contributed by atoms with van der Waals surface area (Å²) < 4.78 is 0.948. The van der Waals surface area contributed by atoms with E-state index in [2.05, 4.69) is 0 Å². The molecular weight excluding hydrogens is 210 g/mol. The number of hydrogen-bond acceptors (Lipinski definition) is 3. The van der Waals surface area contributed by atoms with Crippen LogP contribution in [-0.4, -0.2) is 11.1 Å². The molecule has 0 atom stereocenters. The second kappa shape index (κ2) is 3.55. The summed E-state index contributed by atoms with van der Waals surface area (Å²) >= 11 is 1.29. The summed E-state index contributed by atoms with van der Waals surface area (Å²) in [5.41, 5.74) is 7.23. The SMILES string of the molecule is CCc1c(C(=O)O)sc2cc(N)ccc12. The van der Waals surface area contributed by atoms with Crippen molar-refractivity contribution in [2.45, 2.75) is 13.3 Å². The van der Waals surface area contributed by atoms with Crippen LogP contribution in [0, 0.1) is 0 Å². The van der Waals surface area contributed by atoms with Crippen molar-refractivity contribution in [1.29, 1.82) is 0 Å². The Morgan fingerprint density at radius 2 is 2.27 bits per heavy atom. The fourth-order valence-corrected chi connectivity index (χ4v) is 2.87. The van der Waals surface area contributed by atoms with Gasteiger partial charge in [-0.3, -0.25) is 0 Å². The van der Waals surface area contributed by atoms with E-state index in [0.29, 0.717) is 10.6 Å². The smallest absolute Gasteiger partial charge is 0.346 e. The Labute approximate surface area is 91.1 Å². The first-order valence-electron chi connectivity index (χ1n) is 4.67. The van der Waals surface area contributed by atoms with Gasteiger partial charge in [-0.25, -0.2) is 4.79 Å². The zero-order valence-electron chi connectivity index (χ0n) is 8.28. The fourth-order valence-electron chi connectivity index (χ4n) is 1.69. The predicted molar refractivity (Wildman–Crippen MR) is 62.6 cm³/mol. The zero-order chi connectivity index (χ0) is 11.0. The zero-order valence-corrected chi connectivity index (χ0v) is 9.10. The molecule has 1 heterocycles. The van der Waals surface area contributed by atoms with Crippen LogP contribution in [0.5, 0.6) is 0 Å². The average Bonchev–Trinajstić information content (AvgIpc) is 2.55. The van der Waals surface area contributed by atoms with Gasteiger partial charge in [0.05, 0.1) is 0 Å². The highest BCUT2D eigenvalue weighted by atomic mass is 32.1. The monoisotopic (exact) mass is 221 g/mol. The summed E-state index contributed by atoms with van der Waals surface area (Å²) in [5.74, 6) is -0.855. The van der Waals surface area contributed by atoms with Crippen molar-refractivity contribution in [3.8, 4) is 0 Å². The fraction of sp³-hybridized carbons (Fsp3) is 0.182. The number of thiophene rings is 1. The van der Waals surface area contributed by atoms with E-state index in [4.69, 9.17) is 10.8 Å². The van der Waals surface area contributed by atoms with Gasteiger partial charge in [0, 0.05) is 10.4 Å². The maximum atomic E-state index is 11.0. The minimum Gasteiger partial charge on any atom is -0.477 e. The first kappa shape index (κ1) is 9.98. The summed E-state index contributed by atoms with van der Waals surface area (Å²) in [4.78, 5) is 11.4. The molecule has 0 aliphatic rings. The number of aryl methyl sites for hydroxylation is 1. The summed E-state index contributed by atoms with van der Waals surface area (Å²) in [6.45, 7) is 1.96. The van der Waals surface area contributed by atoms with Crippen LogP contribution >= 0.6 is 11.3 Å². The van der Waals surface area contributed by atoms with Crippen molar-refractivity contribution in [3.63, 3.8) is 0 Å². The number of rotatable bonds is 2. The van der Waals surface area contributed by atoms with E-state index in [-0.39, 0.29) is 0 Å². The highest BCUT2D eigenvalue weighted by molar-refractivity contribution is 7.21. The first-order valence-corrected chi connectivity index (χ1v) is 5.49. The minimum absolute atomic E-state index is 0.429. The van der Waals surface area contributed by atoms with E-state index in [1.807, 2.05) is 19.1 Å². The van der Waals surface area contributed by atoms with Gasteiger partial charge < -0.3 is 10.8 Å². The lowest BCUT2D eigenvalue weighted by Crippen LogP contribution is -1.96. The molecule has 0 aliphatic heterocycles. The highest BCUT2D eigenvalue weighted by Gasteiger charge is 2.15. The van der Waals surface area contributed by atoms with Crippen molar-refractivity contribution >= 4 is 33.1 Å². The molecule has 15 heavy (non-hydrogen) atoms. The topological polar surface area (TPSA) is 63.3 Å². The van der Waals surface area contributed by atoms with E-state index in [1.165, 1.54) is 11.3 Å². The number of fused-ring (bicyclic) bond motifs is 1. The number of nitrogens with two attached hydrogens (primary N) is 1. The molecule has 0 saturated carbocycles. The van der Waals surface area contributed by atoms with Gasteiger partial charge in [-0.1, -0.05) is 13.0 Å². The first-order chi connectivity index (χ1) is 7.13. The molecule has 0 spiro atoms. The van der Waals surface area contributed by atoms with Crippen molar-refractivity contribution in [2.24, 2.45) is 0 Å². The van der Waals surface area contributed by atoms with Gasteiger partial charge in [0.1, 0.15) is 4.88 Å². The molecule has 0 aliphatic carbocycles. The second-order valence-electron chi connectivity index (χ2n) is 3.32. The molecule has 2 rings (SSSR count). The van der Waals surface area contributed by atoms with Crippen LogP contribution < -0.4 is 5.73 Å². The van der Waals surface area contributed by atoms with Gasteiger partial charge in [0.15, 0.2) is 0 Å². The van der Waals surface area contributed by atoms with Crippen molar-refractivity contribution in [3.05, 3.63) is 28.6 Å². The third-order valence-corrected chi connectivity index (χ3v) is 3.55. The molecule has 3 nitrogen and oxygen atoms in total. The van der Waals surface area contributed by atoms with E-state index >= 15 is 0 Å². The number of carbonyl (C=O) groups is 1. The Kier molecular flexibility index (Phi) is 2.36. The molecule has 0 radical (unpaired) electrons. The number of benzene rings is 1. The van der Waals surface area contributed by atoms with Gasteiger partial charge in [-0.05, 0) is 29.5 Å². The minimum atomic E-state index is -0.855. The third kappa shape index (κ3) is 1.57.